The number of nitro groups is 1. The summed E-state index contributed by atoms with van der Waals surface area (Å²) in [5.74, 6) is -0.887. The SMILES string of the molecule is CC(C)(C)[Si](O[C@@H]1CC[C@@H](Nc2nc(-n3cnc4ccc(F)cc43)ncc2N)c2cc(F)ccc21)(c1ccccc1)c1ccccc1.CC(C)(C)[Si](O[C@@H]1CC[C@@H](Nc2nc(-n3cnc4ccc(F)cc43)ncc2[N+](=O)[O-])c2cc(F)ccc21)(c1ccccc1)c1ccccc1. The number of imidazole rings is 2. The molecule has 4 aromatic heterocycles. The molecule has 0 bridgehead atoms. The van der Waals surface area contributed by atoms with E-state index in [0.717, 1.165) is 33.3 Å². The van der Waals surface area contributed by atoms with E-state index in [-0.39, 0.29) is 63.4 Å². The summed E-state index contributed by atoms with van der Waals surface area (Å²) in [6.45, 7) is 13.4. The van der Waals surface area contributed by atoms with Crippen molar-refractivity contribution < 1.29 is 31.3 Å². The molecule has 0 fully saturated rings. The van der Waals surface area contributed by atoms with Gasteiger partial charge in [0.15, 0.2) is 5.82 Å². The van der Waals surface area contributed by atoms with Gasteiger partial charge in [-0.1, -0.05) is 175 Å². The number of nitrogens with two attached hydrogens (primary N) is 1. The molecule has 14 rings (SSSR count). The number of nitrogens with one attached hydrogen (secondary N) is 2. The zero-order valence-corrected chi connectivity index (χ0v) is 55.7. The number of nitrogens with zero attached hydrogens (tertiary/aromatic N) is 9. The Labute approximate surface area is 554 Å². The first-order valence-electron chi connectivity index (χ1n) is 31.8. The minimum Gasteiger partial charge on any atom is -0.400 e. The first-order valence-corrected chi connectivity index (χ1v) is 35.6. The zero-order chi connectivity index (χ0) is 67.1. The van der Waals surface area contributed by atoms with Gasteiger partial charge in [0.2, 0.25) is 17.7 Å². The molecule has 0 spiro atoms. The highest BCUT2D eigenvalue weighted by Gasteiger charge is 2.54. The molecule has 4 atom stereocenters. The monoisotopic (exact) mass is 1320 g/mol. The van der Waals surface area contributed by atoms with E-state index in [9.17, 15) is 27.7 Å². The topological polar surface area (TPSA) is 199 Å². The lowest BCUT2D eigenvalue weighted by atomic mass is 9.85. The van der Waals surface area contributed by atoms with Crippen LogP contribution in [0.3, 0.4) is 0 Å². The lowest BCUT2D eigenvalue weighted by molar-refractivity contribution is -0.384. The van der Waals surface area contributed by atoms with Gasteiger partial charge in [0, 0.05) is 12.1 Å². The fourth-order valence-electron chi connectivity index (χ4n) is 13.8. The average Bonchev–Trinajstić information content (AvgIpc) is 1.16. The van der Waals surface area contributed by atoms with Crippen LogP contribution in [0.5, 0.6) is 0 Å². The Bertz CT molecular complexity index is 4730. The summed E-state index contributed by atoms with van der Waals surface area (Å²) in [7, 11) is -5.84. The second kappa shape index (κ2) is 26.1. The van der Waals surface area contributed by atoms with Crippen LogP contribution in [-0.2, 0) is 8.85 Å². The molecule has 8 aromatic carbocycles. The number of fused-ring (bicyclic) bond motifs is 4. The van der Waals surface area contributed by atoms with Crippen molar-refractivity contribution in [2.24, 2.45) is 0 Å². The normalized spacial score (nSPS) is 16.5. The molecule has 0 radical (unpaired) electrons. The maximum Gasteiger partial charge on any atom is 0.329 e. The molecule has 96 heavy (non-hydrogen) atoms. The van der Waals surface area contributed by atoms with Crippen molar-refractivity contribution >= 4 is 82.5 Å². The van der Waals surface area contributed by atoms with Gasteiger partial charge >= 0.3 is 5.69 Å². The third kappa shape index (κ3) is 12.3. The van der Waals surface area contributed by atoms with Crippen molar-refractivity contribution in [3.63, 3.8) is 0 Å². The Balaban J connectivity index is 0.000000174. The van der Waals surface area contributed by atoms with E-state index in [1.54, 1.807) is 29.1 Å². The third-order valence-electron chi connectivity index (χ3n) is 18.3. The summed E-state index contributed by atoms with van der Waals surface area (Å²) in [5, 5.41) is 23.0. The summed E-state index contributed by atoms with van der Waals surface area (Å²) in [4.78, 5) is 38.0. The molecule has 2 aliphatic rings. The summed E-state index contributed by atoms with van der Waals surface area (Å²) in [5.41, 5.74) is 11.6. The molecule has 0 saturated heterocycles. The van der Waals surface area contributed by atoms with E-state index in [1.165, 1.54) is 76.0 Å². The molecule has 0 unspecified atom stereocenters. The van der Waals surface area contributed by atoms with E-state index >= 15 is 0 Å². The molecule has 4 heterocycles. The van der Waals surface area contributed by atoms with Gasteiger partial charge in [-0.2, -0.15) is 9.97 Å². The predicted octanol–water partition coefficient (Wildman–Crippen LogP) is 14.8. The van der Waals surface area contributed by atoms with Crippen LogP contribution in [0.2, 0.25) is 10.1 Å². The summed E-state index contributed by atoms with van der Waals surface area (Å²) < 4.78 is 76.2. The summed E-state index contributed by atoms with van der Waals surface area (Å²) in [6.07, 6.45) is 7.38. The number of anilines is 3. The Hall–Kier alpha value is -10.3. The maximum atomic E-state index is 15.0. The number of benzene rings is 8. The van der Waals surface area contributed by atoms with Crippen LogP contribution in [0.15, 0.2) is 219 Å². The van der Waals surface area contributed by atoms with Gasteiger partial charge in [0.1, 0.15) is 42.1 Å². The lowest BCUT2D eigenvalue weighted by Gasteiger charge is -2.46. The van der Waals surface area contributed by atoms with Crippen molar-refractivity contribution in [3.05, 3.63) is 275 Å². The molecule has 22 heteroatoms. The summed E-state index contributed by atoms with van der Waals surface area (Å²) >= 11 is 0. The number of hydrogen-bond acceptors (Lipinski definition) is 13. The van der Waals surface area contributed by atoms with Gasteiger partial charge in [0.25, 0.3) is 16.6 Å². The van der Waals surface area contributed by atoms with Crippen LogP contribution in [0.4, 0.5) is 40.6 Å². The first-order chi connectivity index (χ1) is 46.2. The highest BCUT2D eigenvalue weighted by molar-refractivity contribution is 7.00. The zero-order valence-electron chi connectivity index (χ0n) is 53.7. The van der Waals surface area contributed by atoms with Gasteiger partial charge in [-0.3, -0.25) is 19.2 Å². The van der Waals surface area contributed by atoms with Crippen molar-refractivity contribution in [3.8, 4) is 11.9 Å². The Morgan fingerprint density at radius 2 is 0.844 bits per heavy atom. The van der Waals surface area contributed by atoms with E-state index < -0.39 is 39.2 Å². The summed E-state index contributed by atoms with van der Waals surface area (Å²) in [6, 6.07) is 59.0. The predicted molar refractivity (Wildman–Crippen MR) is 371 cm³/mol. The van der Waals surface area contributed by atoms with Gasteiger partial charge in [-0.25, -0.2) is 37.5 Å². The number of nitrogen functional groups attached to an aromatic ring is 1. The highest BCUT2D eigenvalue weighted by Crippen LogP contribution is 2.48. The van der Waals surface area contributed by atoms with Crippen LogP contribution in [-0.4, -0.2) is 60.6 Å². The van der Waals surface area contributed by atoms with E-state index in [4.69, 9.17) is 19.6 Å². The van der Waals surface area contributed by atoms with Crippen LogP contribution in [0.1, 0.15) is 114 Å². The molecule has 486 valence electrons. The Kier molecular flexibility index (Phi) is 17.6. The molecule has 12 aromatic rings. The van der Waals surface area contributed by atoms with Gasteiger partial charge < -0.3 is 25.2 Å². The molecule has 0 saturated carbocycles. The van der Waals surface area contributed by atoms with Crippen LogP contribution >= 0.6 is 0 Å². The standard InChI is InChI=1S/C37H34F2N6O3Si.C37H36F2N6OSi/c1-37(2,3)49(26-10-6-4-7-11-26,27-12-8-5-9-13-27)48-34-19-18-30(29-20-24(38)14-16-28(29)34)42-35-33(45(46)47)22-40-36(43-35)44-23-41-31-17-15-25(39)21-32(31)44;1-37(2,3)47(26-10-6-4-7-11-26,27-12-8-5-9-13-27)46-34-19-18-31(29-20-24(38)14-16-28(29)34)43-35-30(40)22-41-36(44-35)45-23-42-32-17-15-25(39)21-33(32)45/h4-17,20-23,30,34H,18-19H2,1-3H3,(H,40,42,43);4-17,20-23,31,34H,18-19,40H2,1-3H3,(H,41,43,44)/t30-,34-;31-,34-/m11/s1. The Morgan fingerprint density at radius 1 is 0.479 bits per heavy atom. The van der Waals surface area contributed by atoms with Crippen molar-refractivity contribution in [2.75, 3.05) is 16.4 Å². The van der Waals surface area contributed by atoms with E-state index in [1.807, 2.05) is 54.6 Å². The van der Waals surface area contributed by atoms with Crippen molar-refractivity contribution in [1.29, 1.82) is 0 Å². The van der Waals surface area contributed by atoms with E-state index in [0.29, 0.717) is 64.8 Å². The molecule has 2 aliphatic carbocycles. The molecule has 0 aliphatic heterocycles. The quantitative estimate of drug-likeness (QED) is 0.0379. The molecule has 16 nitrogen and oxygen atoms in total. The molecule has 4 N–H and O–H groups in total. The number of aromatic nitrogens is 8. The average molecular weight is 1320 g/mol. The second-order valence-corrected chi connectivity index (χ2v) is 34.8. The largest absolute Gasteiger partial charge is 0.400 e. The molecule has 0 amide bonds. The third-order valence-corrected chi connectivity index (χ3v) is 28.4. The fourth-order valence-corrected chi connectivity index (χ4v) is 23.2. The van der Waals surface area contributed by atoms with Crippen LogP contribution < -0.4 is 37.1 Å². The molecular weight excluding hydrogens is 1250 g/mol. The van der Waals surface area contributed by atoms with E-state index in [2.05, 4.69) is 150 Å². The molecular formula is C74H70F4N12O4Si2. The lowest BCUT2D eigenvalue weighted by Crippen LogP contribution is -2.67. The number of hydrogen-bond donors (Lipinski definition) is 3. The Morgan fingerprint density at radius 3 is 1.24 bits per heavy atom. The number of halogens is 4. The second-order valence-electron chi connectivity index (χ2n) is 26.3. The fraction of sp³-hybridized carbons (Fsp3) is 0.216. The minimum atomic E-state index is -2.96. The highest BCUT2D eigenvalue weighted by atomic mass is 28.4. The van der Waals surface area contributed by atoms with Gasteiger partial charge in [0.05, 0.1) is 63.2 Å². The van der Waals surface area contributed by atoms with Crippen molar-refractivity contribution in [2.45, 2.75) is 102 Å². The van der Waals surface area contributed by atoms with Crippen LogP contribution in [0.25, 0.3) is 34.0 Å². The van der Waals surface area contributed by atoms with Gasteiger partial charge in [-0.15, -0.1) is 0 Å². The van der Waals surface area contributed by atoms with Gasteiger partial charge in [-0.05, 0) is 127 Å². The van der Waals surface area contributed by atoms with Crippen LogP contribution in [0, 0.1) is 33.4 Å². The first kappa shape index (κ1) is 64.4. The van der Waals surface area contributed by atoms with Crippen molar-refractivity contribution in [1.82, 2.24) is 39.0 Å². The number of rotatable bonds is 15. The smallest absolute Gasteiger partial charge is 0.329 e. The minimum absolute atomic E-state index is 0.0418. The maximum absolute atomic E-state index is 15.0.